The van der Waals surface area contributed by atoms with Crippen molar-refractivity contribution >= 4 is 40.4 Å². The molecule has 0 saturated heterocycles. The summed E-state index contributed by atoms with van der Waals surface area (Å²) in [6, 6.07) is 9.17. The predicted octanol–water partition coefficient (Wildman–Crippen LogP) is 3.49. The molecule has 2 aromatic heterocycles. The fraction of sp³-hybridized carbons (Fsp3) is 0.167. The first kappa shape index (κ1) is 16.1. The van der Waals surface area contributed by atoms with Gasteiger partial charge in [-0.2, -0.15) is 11.3 Å². The van der Waals surface area contributed by atoms with Gasteiger partial charge in [0.1, 0.15) is 5.82 Å². The van der Waals surface area contributed by atoms with Crippen molar-refractivity contribution in [3.63, 3.8) is 0 Å². The van der Waals surface area contributed by atoms with E-state index in [1.54, 1.807) is 40.2 Å². The average Bonchev–Trinajstić information content (AvgIpc) is 3.08. The minimum Gasteiger partial charge on any atom is -0.481 e. The molecule has 0 radical (unpaired) electrons. The highest BCUT2D eigenvalue weighted by Gasteiger charge is 2.09. The van der Waals surface area contributed by atoms with Gasteiger partial charge in [-0.15, -0.1) is 0 Å². The molecule has 0 spiro atoms. The Bertz CT molecular complexity index is 943. The number of fused-ring (bicyclic) bond motifs is 1. The first-order chi connectivity index (χ1) is 11.6. The molecule has 5 nitrogen and oxygen atoms in total. The second kappa shape index (κ2) is 7.23. The van der Waals surface area contributed by atoms with Crippen LogP contribution in [0, 0.1) is 0 Å². The molecular formula is C18H16N2O3S. The van der Waals surface area contributed by atoms with E-state index in [1.165, 1.54) is 0 Å². The molecule has 2 heterocycles. The van der Waals surface area contributed by atoms with Crippen LogP contribution in [0.2, 0.25) is 0 Å². The summed E-state index contributed by atoms with van der Waals surface area (Å²) in [7, 11) is 0. The van der Waals surface area contributed by atoms with Crippen molar-refractivity contribution in [3.05, 3.63) is 62.8 Å². The summed E-state index contributed by atoms with van der Waals surface area (Å²) in [5, 5.41) is 13.3. The Kier molecular flexibility index (Phi) is 4.86. The number of carboxylic acids is 1. The van der Waals surface area contributed by atoms with Gasteiger partial charge in [0.25, 0.3) is 5.56 Å². The molecule has 3 rings (SSSR count). The first-order valence-electron chi connectivity index (χ1n) is 7.57. The van der Waals surface area contributed by atoms with E-state index in [2.05, 4.69) is 4.98 Å². The molecule has 1 N–H and O–H groups in total. The van der Waals surface area contributed by atoms with Crippen LogP contribution in [0.25, 0.3) is 23.1 Å². The summed E-state index contributed by atoms with van der Waals surface area (Å²) >= 11 is 1.60. The van der Waals surface area contributed by atoms with Crippen molar-refractivity contribution in [1.82, 2.24) is 9.55 Å². The number of nitrogens with zero attached hydrogens (tertiary/aromatic N) is 2. The number of benzene rings is 1. The molecule has 0 amide bonds. The Hall–Kier alpha value is -2.73. The van der Waals surface area contributed by atoms with Gasteiger partial charge >= 0.3 is 5.97 Å². The maximum Gasteiger partial charge on any atom is 0.303 e. The Morgan fingerprint density at radius 3 is 2.83 bits per heavy atom. The Morgan fingerprint density at radius 2 is 2.08 bits per heavy atom. The standard InChI is InChI=1S/C18H16N2O3S/c21-17(22)6-3-10-20-16(8-7-13-9-11-24-12-13)19-15-5-2-1-4-14(15)18(20)23/h1-2,4-5,7-9,11-12H,3,6,10H2,(H,21,22). The second-order valence-corrected chi connectivity index (χ2v) is 6.11. The van der Waals surface area contributed by atoms with Gasteiger partial charge in [0, 0.05) is 13.0 Å². The minimum atomic E-state index is -0.868. The highest BCUT2D eigenvalue weighted by atomic mass is 32.1. The quantitative estimate of drug-likeness (QED) is 0.745. The van der Waals surface area contributed by atoms with Crippen LogP contribution in [0.1, 0.15) is 24.2 Å². The molecule has 6 heteroatoms. The van der Waals surface area contributed by atoms with Crippen molar-refractivity contribution < 1.29 is 9.90 Å². The number of thiophene rings is 1. The van der Waals surface area contributed by atoms with E-state index in [0.29, 0.717) is 29.7 Å². The molecule has 1 aromatic carbocycles. The van der Waals surface area contributed by atoms with Gasteiger partial charge in [0.05, 0.1) is 10.9 Å². The van der Waals surface area contributed by atoms with Crippen LogP contribution in [0.15, 0.2) is 45.9 Å². The molecule has 3 aromatic rings. The number of hydrogen-bond acceptors (Lipinski definition) is 4. The highest BCUT2D eigenvalue weighted by Crippen LogP contribution is 2.13. The van der Waals surface area contributed by atoms with Crippen LogP contribution < -0.4 is 5.56 Å². The van der Waals surface area contributed by atoms with Crippen molar-refractivity contribution in [1.29, 1.82) is 0 Å². The zero-order valence-corrected chi connectivity index (χ0v) is 13.7. The van der Waals surface area contributed by atoms with Crippen molar-refractivity contribution in [2.45, 2.75) is 19.4 Å². The van der Waals surface area contributed by atoms with Crippen molar-refractivity contribution in [3.8, 4) is 0 Å². The Morgan fingerprint density at radius 1 is 1.25 bits per heavy atom. The van der Waals surface area contributed by atoms with E-state index >= 15 is 0 Å². The van der Waals surface area contributed by atoms with Gasteiger partial charge in [-0.25, -0.2) is 4.98 Å². The Labute approximate surface area is 142 Å². The number of aliphatic carboxylic acids is 1. The maximum atomic E-state index is 12.7. The summed E-state index contributed by atoms with van der Waals surface area (Å²) in [6.07, 6.45) is 4.11. The van der Waals surface area contributed by atoms with Gasteiger partial charge < -0.3 is 5.11 Å². The lowest BCUT2D eigenvalue weighted by molar-refractivity contribution is -0.137. The van der Waals surface area contributed by atoms with Crippen LogP contribution in [0.4, 0.5) is 0 Å². The maximum absolute atomic E-state index is 12.7. The first-order valence-corrected chi connectivity index (χ1v) is 8.51. The molecule has 24 heavy (non-hydrogen) atoms. The third-order valence-corrected chi connectivity index (χ3v) is 4.33. The van der Waals surface area contributed by atoms with Gasteiger partial charge in [0.15, 0.2) is 0 Å². The van der Waals surface area contributed by atoms with Crippen LogP contribution in [-0.2, 0) is 11.3 Å². The lowest BCUT2D eigenvalue weighted by atomic mass is 10.2. The summed E-state index contributed by atoms with van der Waals surface area (Å²) in [5.74, 6) is -0.331. The molecule has 0 fully saturated rings. The number of aromatic nitrogens is 2. The molecule has 0 aliphatic heterocycles. The van der Waals surface area contributed by atoms with E-state index in [4.69, 9.17) is 5.11 Å². The van der Waals surface area contributed by atoms with E-state index in [-0.39, 0.29) is 12.0 Å². The Balaban J connectivity index is 2.03. The summed E-state index contributed by atoms with van der Waals surface area (Å²) < 4.78 is 1.55. The van der Waals surface area contributed by atoms with Crippen molar-refractivity contribution in [2.24, 2.45) is 0 Å². The van der Waals surface area contributed by atoms with Crippen molar-refractivity contribution in [2.75, 3.05) is 0 Å². The summed E-state index contributed by atoms with van der Waals surface area (Å²) in [4.78, 5) is 28.0. The highest BCUT2D eigenvalue weighted by molar-refractivity contribution is 7.08. The fourth-order valence-corrected chi connectivity index (χ4v) is 3.09. The van der Waals surface area contributed by atoms with E-state index < -0.39 is 5.97 Å². The lowest BCUT2D eigenvalue weighted by Gasteiger charge is -2.10. The normalized spacial score (nSPS) is 11.3. The molecule has 0 aliphatic rings. The van der Waals surface area contributed by atoms with Crippen LogP contribution in [-0.4, -0.2) is 20.6 Å². The summed E-state index contributed by atoms with van der Waals surface area (Å²) in [5.41, 5.74) is 1.54. The SMILES string of the molecule is O=C(O)CCCn1c(C=Cc2ccsc2)nc2ccccc2c1=O. The minimum absolute atomic E-state index is 0.0208. The lowest BCUT2D eigenvalue weighted by Crippen LogP contribution is -2.24. The van der Waals surface area contributed by atoms with E-state index in [0.717, 1.165) is 5.56 Å². The molecule has 0 aliphatic carbocycles. The molecule has 0 bridgehead atoms. The molecule has 122 valence electrons. The van der Waals surface area contributed by atoms with E-state index in [9.17, 15) is 9.59 Å². The van der Waals surface area contributed by atoms with Crippen LogP contribution in [0.5, 0.6) is 0 Å². The topological polar surface area (TPSA) is 72.2 Å². The number of hydrogen-bond donors (Lipinski definition) is 1. The zero-order valence-electron chi connectivity index (χ0n) is 12.9. The molecular weight excluding hydrogens is 324 g/mol. The summed E-state index contributed by atoms with van der Waals surface area (Å²) in [6.45, 7) is 0.326. The molecule has 0 saturated carbocycles. The van der Waals surface area contributed by atoms with Crippen LogP contribution >= 0.6 is 11.3 Å². The molecule has 0 unspecified atom stereocenters. The number of carboxylic acid groups (broad SMARTS) is 1. The monoisotopic (exact) mass is 340 g/mol. The predicted molar refractivity (Wildman–Crippen MR) is 96.1 cm³/mol. The number of rotatable bonds is 6. The average molecular weight is 340 g/mol. The van der Waals surface area contributed by atoms with Gasteiger partial charge in [-0.05, 0) is 47.0 Å². The third-order valence-electron chi connectivity index (χ3n) is 3.63. The largest absolute Gasteiger partial charge is 0.481 e. The van der Waals surface area contributed by atoms with Gasteiger partial charge in [-0.3, -0.25) is 14.2 Å². The van der Waals surface area contributed by atoms with E-state index in [1.807, 2.05) is 29.0 Å². The zero-order chi connectivity index (χ0) is 16.9. The second-order valence-electron chi connectivity index (χ2n) is 5.33. The number of para-hydroxylation sites is 1. The van der Waals surface area contributed by atoms with Crippen LogP contribution in [0.3, 0.4) is 0 Å². The third kappa shape index (κ3) is 3.60. The number of carbonyl (C=O) groups is 1. The van der Waals surface area contributed by atoms with Gasteiger partial charge in [-0.1, -0.05) is 18.2 Å². The molecule has 0 atom stereocenters. The smallest absolute Gasteiger partial charge is 0.303 e. The van der Waals surface area contributed by atoms with Gasteiger partial charge in [0.2, 0.25) is 0 Å². The fourth-order valence-electron chi connectivity index (χ4n) is 2.46.